The fraction of sp³-hybridized carbons (Fsp3) is 0.600. The molecule has 3 heteroatoms. The largest absolute Gasteiger partial charge is 0.310 e. The van der Waals surface area contributed by atoms with Crippen molar-refractivity contribution in [3.05, 3.63) is 35.6 Å². The van der Waals surface area contributed by atoms with E-state index in [-0.39, 0.29) is 5.82 Å². The number of hydrogen-bond donors (Lipinski definition) is 1. The fourth-order valence-electron chi connectivity index (χ4n) is 2.84. The third kappa shape index (κ3) is 2.73. The number of nitrogens with one attached hydrogen (secondary N) is 1. The quantitative estimate of drug-likeness (QED) is 0.881. The molecule has 0 amide bonds. The molecule has 98 valence electrons. The van der Waals surface area contributed by atoms with E-state index in [9.17, 15) is 4.39 Å². The summed E-state index contributed by atoms with van der Waals surface area (Å²) in [5, 5.41) is 3.68. The van der Waals surface area contributed by atoms with Crippen molar-refractivity contribution >= 4 is 0 Å². The average molecular weight is 248 g/mol. The molecule has 1 saturated heterocycles. The first-order chi connectivity index (χ1) is 8.72. The molecular weight excluding hydrogens is 227 g/mol. The van der Waals surface area contributed by atoms with Gasteiger partial charge in [-0.05, 0) is 43.9 Å². The zero-order valence-electron chi connectivity index (χ0n) is 10.9. The van der Waals surface area contributed by atoms with Gasteiger partial charge in [-0.25, -0.2) is 4.39 Å². The van der Waals surface area contributed by atoms with Crippen LogP contribution < -0.4 is 5.32 Å². The molecule has 2 nitrogen and oxygen atoms in total. The topological polar surface area (TPSA) is 15.3 Å². The molecular formula is C15H21FN2. The lowest BCUT2D eigenvalue weighted by Gasteiger charge is -2.25. The molecule has 0 radical (unpaired) electrons. The molecule has 2 fully saturated rings. The summed E-state index contributed by atoms with van der Waals surface area (Å²) in [5.41, 5.74) is 1.09. The van der Waals surface area contributed by atoms with Gasteiger partial charge in [0.05, 0.1) is 0 Å². The van der Waals surface area contributed by atoms with Crippen LogP contribution in [0, 0.1) is 5.82 Å². The molecule has 3 rings (SSSR count). The second-order valence-electron chi connectivity index (χ2n) is 5.65. The van der Waals surface area contributed by atoms with E-state index in [1.807, 2.05) is 6.07 Å². The summed E-state index contributed by atoms with van der Waals surface area (Å²) < 4.78 is 13.2. The van der Waals surface area contributed by atoms with E-state index in [2.05, 4.69) is 17.1 Å². The lowest BCUT2D eigenvalue weighted by Crippen LogP contribution is -2.34. The summed E-state index contributed by atoms with van der Waals surface area (Å²) in [5.74, 6) is -0.133. The van der Waals surface area contributed by atoms with Crippen molar-refractivity contribution in [2.24, 2.45) is 0 Å². The van der Waals surface area contributed by atoms with E-state index in [4.69, 9.17) is 0 Å². The van der Waals surface area contributed by atoms with Gasteiger partial charge in [-0.2, -0.15) is 0 Å². The smallest absolute Gasteiger partial charge is 0.123 e. The molecule has 1 aromatic rings. The highest BCUT2D eigenvalue weighted by molar-refractivity contribution is 5.20. The second kappa shape index (κ2) is 4.98. The highest BCUT2D eigenvalue weighted by atomic mass is 19.1. The van der Waals surface area contributed by atoms with Gasteiger partial charge in [0.15, 0.2) is 0 Å². The number of halogens is 1. The van der Waals surface area contributed by atoms with Crippen molar-refractivity contribution in [2.45, 2.75) is 44.3 Å². The third-order valence-corrected chi connectivity index (χ3v) is 4.15. The first-order valence-corrected chi connectivity index (χ1v) is 6.98. The first kappa shape index (κ1) is 12.1. The van der Waals surface area contributed by atoms with Crippen LogP contribution in [0.5, 0.6) is 0 Å². The van der Waals surface area contributed by atoms with Gasteiger partial charge in [0.25, 0.3) is 0 Å². The fourth-order valence-corrected chi connectivity index (χ4v) is 2.84. The van der Waals surface area contributed by atoms with Gasteiger partial charge in [0, 0.05) is 31.2 Å². The molecule has 2 atom stereocenters. The molecule has 2 unspecified atom stereocenters. The summed E-state index contributed by atoms with van der Waals surface area (Å²) in [4.78, 5) is 2.45. The van der Waals surface area contributed by atoms with E-state index in [0.29, 0.717) is 12.1 Å². The summed E-state index contributed by atoms with van der Waals surface area (Å²) >= 11 is 0. The van der Waals surface area contributed by atoms with Crippen molar-refractivity contribution in [2.75, 3.05) is 13.1 Å². The van der Waals surface area contributed by atoms with Gasteiger partial charge < -0.3 is 5.32 Å². The third-order valence-electron chi connectivity index (χ3n) is 4.15. The second-order valence-corrected chi connectivity index (χ2v) is 5.65. The van der Waals surface area contributed by atoms with Gasteiger partial charge in [-0.1, -0.05) is 12.1 Å². The Morgan fingerprint density at radius 3 is 2.83 bits per heavy atom. The van der Waals surface area contributed by atoms with Crippen molar-refractivity contribution in [3.63, 3.8) is 0 Å². The molecule has 2 aliphatic rings. The van der Waals surface area contributed by atoms with Crippen LogP contribution in [-0.2, 0) is 0 Å². The van der Waals surface area contributed by atoms with E-state index >= 15 is 0 Å². The Morgan fingerprint density at radius 2 is 2.11 bits per heavy atom. The maximum atomic E-state index is 13.2. The van der Waals surface area contributed by atoms with Gasteiger partial charge >= 0.3 is 0 Å². The van der Waals surface area contributed by atoms with E-state index < -0.39 is 0 Å². The molecule has 18 heavy (non-hydrogen) atoms. The average Bonchev–Trinajstić information content (AvgIpc) is 3.04. The Labute approximate surface area is 108 Å². The highest BCUT2D eigenvalue weighted by Gasteiger charge is 2.31. The molecule has 0 aromatic heterocycles. The number of rotatable bonds is 4. The number of nitrogens with zero attached hydrogens (tertiary/aromatic N) is 1. The normalized spacial score (nSPS) is 26.4. The van der Waals surface area contributed by atoms with Crippen molar-refractivity contribution in [3.8, 4) is 0 Å². The molecule has 0 bridgehead atoms. The summed E-state index contributed by atoms with van der Waals surface area (Å²) in [6, 6.07) is 8.72. The predicted molar refractivity (Wildman–Crippen MR) is 71.0 cm³/mol. The van der Waals surface area contributed by atoms with E-state index in [1.165, 1.54) is 25.3 Å². The monoisotopic (exact) mass is 248 g/mol. The zero-order chi connectivity index (χ0) is 12.5. The van der Waals surface area contributed by atoms with Gasteiger partial charge in [0.2, 0.25) is 0 Å². The Kier molecular flexibility index (Phi) is 3.35. The Hall–Kier alpha value is -0.930. The summed E-state index contributed by atoms with van der Waals surface area (Å²) in [6.45, 7) is 4.38. The molecule has 1 N–H and O–H groups in total. The number of benzene rings is 1. The molecule has 1 aromatic carbocycles. The minimum atomic E-state index is -0.133. The first-order valence-electron chi connectivity index (χ1n) is 6.98. The predicted octanol–water partition coefficient (Wildman–Crippen LogP) is 2.71. The molecule has 1 aliphatic heterocycles. The van der Waals surface area contributed by atoms with E-state index in [1.54, 1.807) is 12.1 Å². The SMILES string of the molecule is CC(c1cccc(F)c1)N1CCC(NC2CC2)C1. The lowest BCUT2D eigenvalue weighted by atomic mass is 10.1. The van der Waals surface area contributed by atoms with Crippen LogP contribution in [0.3, 0.4) is 0 Å². The minimum Gasteiger partial charge on any atom is -0.310 e. The summed E-state index contributed by atoms with van der Waals surface area (Å²) in [6.07, 6.45) is 3.90. The molecule has 1 saturated carbocycles. The molecule has 1 aliphatic carbocycles. The van der Waals surface area contributed by atoms with Crippen LogP contribution in [-0.4, -0.2) is 30.1 Å². The number of likely N-dealkylation sites (tertiary alicyclic amines) is 1. The van der Waals surface area contributed by atoms with Crippen LogP contribution in [0.1, 0.15) is 37.8 Å². The van der Waals surface area contributed by atoms with Crippen LogP contribution in [0.15, 0.2) is 24.3 Å². The van der Waals surface area contributed by atoms with Crippen molar-refractivity contribution < 1.29 is 4.39 Å². The Bertz CT molecular complexity index is 417. The zero-order valence-corrected chi connectivity index (χ0v) is 10.9. The van der Waals surface area contributed by atoms with Crippen LogP contribution in [0.4, 0.5) is 4.39 Å². The highest BCUT2D eigenvalue weighted by Crippen LogP contribution is 2.27. The van der Waals surface area contributed by atoms with Gasteiger partial charge in [-0.15, -0.1) is 0 Å². The van der Waals surface area contributed by atoms with E-state index in [0.717, 1.165) is 24.7 Å². The van der Waals surface area contributed by atoms with Crippen LogP contribution >= 0.6 is 0 Å². The standard InChI is InChI=1S/C15H21FN2/c1-11(12-3-2-4-13(16)9-12)18-8-7-15(10-18)17-14-5-6-14/h2-4,9,11,14-15,17H,5-8,10H2,1H3. The molecule has 1 heterocycles. The maximum absolute atomic E-state index is 13.2. The minimum absolute atomic E-state index is 0.133. The van der Waals surface area contributed by atoms with Gasteiger partial charge in [-0.3, -0.25) is 4.90 Å². The maximum Gasteiger partial charge on any atom is 0.123 e. The van der Waals surface area contributed by atoms with Gasteiger partial charge in [0.1, 0.15) is 5.82 Å². The van der Waals surface area contributed by atoms with Crippen molar-refractivity contribution in [1.29, 1.82) is 0 Å². The number of hydrogen-bond acceptors (Lipinski definition) is 2. The molecule has 0 spiro atoms. The van der Waals surface area contributed by atoms with Crippen LogP contribution in [0.2, 0.25) is 0 Å². The Morgan fingerprint density at radius 1 is 1.28 bits per heavy atom. The Balaban J connectivity index is 1.60. The van der Waals surface area contributed by atoms with Crippen molar-refractivity contribution in [1.82, 2.24) is 10.2 Å². The summed E-state index contributed by atoms with van der Waals surface area (Å²) in [7, 11) is 0. The lowest BCUT2D eigenvalue weighted by molar-refractivity contribution is 0.255. The van der Waals surface area contributed by atoms with Crippen LogP contribution in [0.25, 0.3) is 0 Å².